The third-order valence-electron chi connectivity index (χ3n) is 4.27. The number of hydrogen-bond donors (Lipinski definition) is 1. The van der Waals surface area contributed by atoms with Crippen LogP contribution in [0.15, 0.2) is 18.2 Å². The number of nitrogens with zero attached hydrogens (tertiary/aromatic N) is 1. The maximum absolute atomic E-state index is 6.05. The first-order valence-electron chi connectivity index (χ1n) is 7.36. The molecule has 2 rings (SSSR count). The van der Waals surface area contributed by atoms with Gasteiger partial charge in [-0.3, -0.25) is 4.90 Å². The summed E-state index contributed by atoms with van der Waals surface area (Å²) in [6.07, 6.45) is 2.48. The van der Waals surface area contributed by atoms with Crippen LogP contribution in [0.1, 0.15) is 31.4 Å². The zero-order chi connectivity index (χ0) is 14.5. The van der Waals surface area contributed by atoms with Gasteiger partial charge in [0.15, 0.2) is 11.5 Å². The van der Waals surface area contributed by atoms with Crippen molar-refractivity contribution < 1.29 is 9.47 Å². The Morgan fingerprint density at radius 1 is 1.25 bits per heavy atom. The van der Waals surface area contributed by atoms with Crippen LogP contribution in [-0.2, 0) is 0 Å². The van der Waals surface area contributed by atoms with Gasteiger partial charge in [0, 0.05) is 12.1 Å². The van der Waals surface area contributed by atoms with E-state index in [1.807, 2.05) is 12.1 Å². The molecule has 2 N–H and O–H groups in total. The van der Waals surface area contributed by atoms with Gasteiger partial charge in [0.2, 0.25) is 0 Å². The lowest BCUT2D eigenvalue weighted by atomic mass is 9.95. The SMILES string of the molecule is COc1cccc([C@H](CN)N2CCC(C)CC2)c1OC. The van der Waals surface area contributed by atoms with Crippen molar-refractivity contribution >= 4 is 0 Å². The van der Waals surface area contributed by atoms with Gasteiger partial charge >= 0.3 is 0 Å². The van der Waals surface area contributed by atoms with Gasteiger partial charge in [0.05, 0.1) is 20.3 Å². The van der Waals surface area contributed by atoms with Gasteiger partial charge in [-0.1, -0.05) is 19.1 Å². The summed E-state index contributed by atoms with van der Waals surface area (Å²) in [5.74, 6) is 2.40. The van der Waals surface area contributed by atoms with Gasteiger partial charge in [-0.25, -0.2) is 0 Å². The van der Waals surface area contributed by atoms with Gasteiger partial charge in [0.25, 0.3) is 0 Å². The summed E-state index contributed by atoms with van der Waals surface area (Å²) in [6, 6.07) is 6.23. The number of likely N-dealkylation sites (tertiary alicyclic amines) is 1. The lowest BCUT2D eigenvalue weighted by Crippen LogP contribution is -2.39. The number of methoxy groups -OCH3 is 2. The Morgan fingerprint density at radius 3 is 2.50 bits per heavy atom. The van der Waals surface area contributed by atoms with E-state index in [9.17, 15) is 0 Å². The van der Waals surface area contributed by atoms with E-state index in [0.29, 0.717) is 6.54 Å². The van der Waals surface area contributed by atoms with Crippen molar-refractivity contribution in [2.24, 2.45) is 11.7 Å². The molecule has 0 aromatic heterocycles. The molecule has 0 unspecified atom stereocenters. The molecule has 20 heavy (non-hydrogen) atoms. The number of rotatable bonds is 5. The molecule has 0 saturated carbocycles. The van der Waals surface area contributed by atoms with Crippen molar-refractivity contribution in [3.05, 3.63) is 23.8 Å². The van der Waals surface area contributed by atoms with Gasteiger partial charge in [0.1, 0.15) is 0 Å². The summed E-state index contributed by atoms with van der Waals surface area (Å²) >= 11 is 0. The summed E-state index contributed by atoms with van der Waals surface area (Å²) in [4.78, 5) is 2.47. The highest BCUT2D eigenvalue weighted by Gasteiger charge is 2.26. The smallest absolute Gasteiger partial charge is 0.165 e. The van der Waals surface area contributed by atoms with E-state index in [2.05, 4.69) is 17.9 Å². The highest BCUT2D eigenvalue weighted by atomic mass is 16.5. The quantitative estimate of drug-likeness (QED) is 0.898. The van der Waals surface area contributed by atoms with E-state index < -0.39 is 0 Å². The molecule has 1 aliphatic heterocycles. The molecule has 1 saturated heterocycles. The largest absolute Gasteiger partial charge is 0.493 e. The molecule has 0 spiro atoms. The highest BCUT2D eigenvalue weighted by molar-refractivity contribution is 5.48. The molecule has 1 heterocycles. The van der Waals surface area contributed by atoms with E-state index in [0.717, 1.165) is 36.1 Å². The Balaban J connectivity index is 2.27. The highest BCUT2D eigenvalue weighted by Crippen LogP contribution is 2.37. The third-order valence-corrected chi connectivity index (χ3v) is 4.27. The fourth-order valence-electron chi connectivity index (χ4n) is 2.99. The van der Waals surface area contributed by atoms with Crippen molar-refractivity contribution in [1.29, 1.82) is 0 Å². The Labute approximate surface area is 121 Å². The molecule has 4 nitrogen and oxygen atoms in total. The molecule has 0 bridgehead atoms. The summed E-state index contributed by atoms with van der Waals surface area (Å²) in [5, 5.41) is 0. The molecule has 1 fully saturated rings. The molecule has 0 amide bonds. The van der Waals surface area contributed by atoms with Crippen molar-refractivity contribution in [3.8, 4) is 11.5 Å². The number of ether oxygens (including phenoxy) is 2. The predicted molar refractivity (Wildman–Crippen MR) is 81.3 cm³/mol. The fourth-order valence-corrected chi connectivity index (χ4v) is 2.99. The molecule has 4 heteroatoms. The Hall–Kier alpha value is -1.26. The lowest BCUT2D eigenvalue weighted by molar-refractivity contribution is 0.139. The first kappa shape index (κ1) is 15.1. The van der Waals surface area contributed by atoms with Crippen LogP contribution >= 0.6 is 0 Å². The van der Waals surface area contributed by atoms with Crippen molar-refractivity contribution in [2.45, 2.75) is 25.8 Å². The molecule has 1 aliphatic rings. The molecule has 0 radical (unpaired) electrons. The summed E-state index contributed by atoms with van der Waals surface area (Å²) in [5.41, 5.74) is 7.18. The van der Waals surface area contributed by atoms with Crippen LogP contribution in [0.2, 0.25) is 0 Å². The number of nitrogens with two attached hydrogens (primary N) is 1. The number of piperidine rings is 1. The third kappa shape index (κ3) is 3.07. The standard InChI is InChI=1S/C16H26N2O2/c1-12-7-9-18(10-8-12)14(11-17)13-5-4-6-15(19-2)16(13)20-3/h4-6,12,14H,7-11,17H2,1-3H3/t14-/m0/s1. The summed E-state index contributed by atoms with van der Waals surface area (Å²) < 4.78 is 10.9. The minimum absolute atomic E-state index is 0.201. The Morgan fingerprint density at radius 2 is 1.95 bits per heavy atom. The van der Waals surface area contributed by atoms with Crippen LogP contribution in [0.4, 0.5) is 0 Å². The van der Waals surface area contributed by atoms with Gasteiger partial charge in [-0.05, 0) is 37.9 Å². The molecule has 1 aromatic carbocycles. The summed E-state index contributed by atoms with van der Waals surface area (Å²) in [7, 11) is 3.36. The van der Waals surface area contributed by atoms with Crippen molar-refractivity contribution in [2.75, 3.05) is 33.9 Å². The van der Waals surface area contributed by atoms with Crippen molar-refractivity contribution in [1.82, 2.24) is 4.90 Å². The lowest BCUT2D eigenvalue weighted by Gasteiger charge is -2.37. The van der Waals surface area contributed by atoms with Crippen LogP contribution in [0, 0.1) is 5.92 Å². The number of benzene rings is 1. The topological polar surface area (TPSA) is 47.7 Å². The Bertz CT molecular complexity index is 428. The molecule has 112 valence electrons. The minimum atomic E-state index is 0.201. The van der Waals surface area contributed by atoms with Crippen LogP contribution in [0.5, 0.6) is 11.5 Å². The predicted octanol–water partition coefficient (Wildman–Crippen LogP) is 2.44. The van der Waals surface area contributed by atoms with Crippen LogP contribution in [-0.4, -0.2) is 38.8 Å². The second-order valence-corrected chi connectivity index (χ2v) is 5.55. The second kappa shape index (κ2) is 6.95. The average Bonchev–Trinajstić information content (AvgIpc) is 2.49. The maximum Gasteiger partial charge on any atom is 0.165 e. The average molecular weight is 278 g/mol. The maximum atomic E-state index is 6.05. The van der Waals surface area contributed by atoms with Crippen molar-refractivity contribution in [3.63, 3.8) is 0 Å². The van der Waals surface area contributed by atoms with E-state index >= 15 is 0 Å². The number of para-hydroxylation sites is 1. The van der Waals surface area contributed by atoms with Gasteiger partial charge in [-0.2, -0.15) is 0 Å². The molecular formula is C16H26N2O2. The Kier molecular flexibility index (Phi) is 5.26. The zero-order valence-corrected chi connectivity index (χ0v) is 12.8. The van der Waals surface area contributed by atoms with Gasteiger partial charge in [-0.15, -0.1) is 0 Å². The van der Waals surface area contributed by atoms with Crippen LogP contribution in [0.25, 0.3) is 0 Å². The van der Waals surface area contributed by atoms with E-state index in [1.165, 1.54) is 12.8 Å². The minimum Gasteiger partial charge on any atom is -0.493 e. The fraction of sp³-hybridized carbons (Fsp3) is 0.625. The van der Waals surface area contributed by atoms with Crippen LogP contribution < -0.4 is 15.2 Å². The van der Waals surface area contributed by atoms with Crippen LogP contribution in [0.3, 0.4) is 0 Å². The molecular weight excluding hydrogens is 252 g/mol. The first-order chi connectivity index (χ1) is 9.71. The molecule has 0 aliphatic carbocycles. The summed E-state index contributed by atoms with van der Waals surface area (Å²) in [6.45, 7) is 5.12. The van der Waals surface area contributed by atoms with E-state index in [4.69, 9.17) is 15.2 Å². The molecule has 1 atom stereocenters. The number of hydrogen-bond acceptors (Lipinski definition) is 4. The van der Waals surface area contributed by atoms with Gasteiger partial charge < -0.3 is 15.2 Å². The van der Waals surface area contributed by atoms with E-state index in [1.54, 1.807) is 14.2 Å². The first-order valence-corrected chi connectivity index (χ1v) is 7.36. The normalized spacial score (nSPS) is 18.8. The zero-order valence-electron chi connectivity index (χ0n) is 12.8. The second-order valence-electron chi connectivity index (χ2n) is 5.55. The molecule has 1 aromatic rings. The monoisotopic (exact) mass is 278 g/mol. The van der Waals surface area contributed by atoms with E-state index in [-0.39, 0.29) is 6.04 Å².